The molecule has 1 heterocycles. The molecule has 8 heteroatoms. The van der Waals surface area contributed by atoms with Gasteiger partial charge in [0.2, 0.25) is 5.03 Å². The maximum atomic E-state index is 10.4. The third-order valence-corrected chi connectivity index (χ3v) is 2.04. The Kier molecular flexibility index (Phi) is 5.34. The minimum atomic E-state index is -4.34. The van der Waals surface area contributed by atoms with E-state index in [4.69, 9.17) is 16.2 Å². The first-order chi connectivity index (χ1) is 5.02. The maximum absolute atomic E-state index is 10.4. The van der Waals surface area contributed by atoms with Crippen LogP contribution in [-0.2, 0) is 10.1 Å². The molecule has 0 bridgehead atoms. The molecular formula is C4H4ClKN2O3S. The second kappa shape index (κ2) is 4.96. The zero-order valence-electron chi connectivity index (χ0n) is 5.10. The average molecular weight is 235 g/mol. The molecule has 0 saturated carbocycles. The zero-order valence-corrected chi connectivity index (χ0v) is 6.67. The zero-order chi connectivity index (χ0) is 8.48. The van der Waals surface area contributed by atoms with Crippen molar-refractivity contribution >= 4 is 73.1 Å². The number of hydrogen-bond donors (Lipinski definition) is 1. The Balaban J connectivity index is 0.00000121. The molecule has 0 saturated heterocycles. The monoisotopic (exact) mass is 234 g/mol. The van der Waals surface area contributed by atoms with Gasteiger partial charge in [0.05, 0.1) is 0 Å². The molecule has 0 radical (unpaired) electrons. The van der Waals surface area contributed by atoms with Crippen molar-refractivity contribution in [3.63, 3.8) is 0 Å². The number of rotatable bonds is 1. The fourth-order valence-electron chi connectivity index (χ4n) is 0.481. The molecule has 0 aliphatic heterocycles. The summed E-state index contributed by atoms with van der Waals surface area (Å²) in [7, 11) is -4.34. The Bertz CT molecular complexity index is 368. The van der Waals surface area contributed by atoms with Gasteiger partial charge in [-0.2, -0.15) is 8.42 Å². The standard InChI is InChI=1S/C4H3ClN2O3S.K.H/c5-3-4(11(8,9)10)7-2-1-6-3;;/h1-2H,(H,8,9,10);;. The van der Waals surface area contributed by atoms with Gasteiger partial charge in [-0.3, -0.25) is 4.55 Å². The van der Waals surface area contributed by atoms with Gasteiger partial charge >= 0.3 is 61.5 Å². The Labute approximate surface area is 117 Å². The van der Waals surface area contributed by atoms with Crippen molar-refractivity contribution in [2.45, 2.75) is 5.03 Å². The van der Waals surface area contributed by atoms with E-state index in [1.165, 1.54) is 6.20 Å². The van der Waals surface area contributed by atoms with Crippen LogP contribution in [0.25, 0.3) is 0 Å². The topological polar surface area (TPSA) is 80.2 Å². The number of nitrogens with zero attached hydrogens (tertiary/aromatic N) is 2. The van der Waals surface area contributed by atoms with Crippen molar-refractivity contribution in [2.24, 2.45) is 0 Å². The summed E-state index contributed by atoms with van der Waals surface area (Å²) in [5.74, 6) is 0. The van der Waals surface area contributed by atoms with Gasteiger partial charge in [0.1, 0.15) is 0 Å². The fraction of sp³-hybridized carbons (Fsp3) is 0. The molecule has 1 rings (SSSR count). The van der Waals surface area contributed by atoms with E-state index in [-0.39, 0.29) is 56.5 Å². The van der Waals surface area contributed by atoms with E-state index in [1.54, 1.807) is 0 Å². The van der Waals surface area contributed by atoms with Crippen LogP contribution in [0.1, 0.15) is 0 Å². The second-order valence-corrected chi connectivity index (χ2v) is 3.32. The summed E-state index contributed by atoms with van der Waals surface area (Å²) >= 11 is 5.30. The number of halogens is 1. The van der Waals surface area contributed by atoms with Crippen molar-refractivity contribution in [3.8, 4) is 0 Å². The van der Waals surface area contributed by atoms with Crippen LogP contribution in [0.3, 0.4) is 0 Å². The minimum absolute atomic E-state index is 0. The molecule has 0 amide bonds. The molecule has 0 atom stereocenters. The van der Waals surface area contributed by atoms with E-state index in [2.05, 4.69) is 9.97 Å². The summed E-state index contributed by atoms with van der Waals surface area (Å²) < 4.78 is 29.3. The van der Waals surface area contributed by atoms with Crippen molar-refractivity contribution in [3.05, 3.63) is 17.5 Å². The summed E-state index contributed by atoms with van der Waals surface area (Å²) in [5, 5.41) is -0.961. The molecule has 1 aromatic rings. The third kappa shape index (κ3) is 3.34. The summed E-state index contributed by atoms with van der Waals surface area (Å²) in [6.07, 6.45) is 2.34. The molecule has 0 aliphatic carbocycles. The average Bonchev–Trinajstić information content (AvgIpc) is 1.86. The summed E-state index contributed by atoms with van der Waals surface area (Å²) in [6.45, 7) is 0. The van der Waals surface area contributed by atoms with Gasteiger partial charge in [-0.15, -0.1) is 0 Å². The predicted molar refractivity (Wildman–Crippen MR) is 44.0 cm³/mol. The molecule has 0 fully saturated rings. The van der Waals surface area contributed by atoms with Crippen molar-refractivity contribution in [1.29, 1.82) is 0 Å². The first-order valence-corrected chi connectivity index (χ1v) is 4.27. The van der Waals surface area contributed by atoms with E-state index in [9.17, 15) is 8.42 Å². The van der Waals surface area contributed by atoms with Gasteiger partial charge in [0.25, 0.3) is 0 Å². The van der Waals surface area contributed by atoms with Gasteiger partial charge in [0, 0.05) is 12.4 Å². The van der Waals surface area contributed by atoms with E-state index < -0.39 is 15.1 Å². The Morgan fingerprint density at radius 2 is 1.83 bits per heavy atom. The predicted octanol–water partition coefficient (Wildman–Crippen LogP) is -0.272. The van der Waals surface area contributed by atoms with E-state index in [1.807, 2.05) is 0 Å². The molecule has 12 heavy (non-hydrogen) atoms. The SMILES string of the molecule is O=S(=O)(O)c1nccnc1Cl.[KH]. The van der Waals surface area contributed by atoms with E-state index >= 15 is 0 Å². The van der Waals surface area contributed by atoms with E-state index in [0.29, 0.717) is 0 Å². The van der Waals surface area contributed by atoms with Gasteiger partial charge in [-0.25, -0.2) is 9.97 Å². The van der Waals surface area contributed by atoms with Crippen molar-refractivity contribution < 1.29 is 13.0 Å². The Hall–Kier alpha value is 0.916. The third-order valence-electron chi connectivity index (χ3n) is 0.867. The molecule has 5 nitrogen and oxygen atoms in total. The van der Waals surface area contributed by atoms with Crippen LogP contribution in [-0.4, -0.2) is 74.3 Å². The molecule has 0 spiro atoms. The first-order valence-electron chi connectivity index (χ1n) is 2.46. The van der Waals surface area contributed by atoms with Crippen molar-refractivity contribution in [1.82, 2.24) is 9.97 Å². The van der Waals surface area contributed by atoms with Crippen LogP contribution in [0.5, 0.6) is 0 Å². The normalized spacial score (nSPS) is 10.5. The summed E-state index contributed by atoms with van der Waals surface area (Å²) in [6, 6.07) is 0. The van der Waals surface area contributed by atoms with Crippen LogP contribution in [0.2, 0.25) is 5.15 Å². The van der Waals surface area contributed by atoms with Gasteiger partial charge in [-0.1, -0.05) is 11.6 Å². The van der Waals surface area contributed by atoms with E-state index in [0.717, 1.165) is 6.20 Å². The van der Waals surface area contributed by atoms with Crippen LogP contribution >= 0.6 is 11.6 Å². The number of aromatic nitrogens is 2. The molecule has 0 aliphatic rings. The molecule has 0 unspecified atom stereocenters. The quantitative estimate of drug-likeness (QED) is 0.535. The molecule has 0 aromatic carbocycles. The molecular weight excluding hydrogens is 231 g/mol. The summed E-state index contributed by atoms with van der Waals surface area (Å²) in [5.41, 5.74) is 0. The Morgan fingerprint density at radius 1 is 1.33 bits per heavy atom. The second-order valence-electron chi connectivity index (χ2n) is 1.63. The van der Waals surface area contributed by atoms with Crippen LogP contribution < -0.4 is 0 Å². The fourth-order valence-corrected chi connectivity index (χ4v) is 1.34. The van der Waals surface area contributed by atoms with Gasteiger partial charge < -0.3 is 0 Å². The number of hydrogen-bond acceptors (Lipinski definition) is 4. The van der Waals surface area contributed by atoms with Gasteiger partial charge in [0.15, 0.2) is 5.15 Å². The molecule has 1 N–H and O–H groups in total. The van der Waals surface area contributed by atoms with Crippen LogP contribution in [0, 0.1) is 0 Å². The van der Waals surface area contributed by atoms with Crippen LogP contribution in [0.4, 0.5) is 0 Å². The van der Waals surface area contributed by atoms with Crippen LogP contribution in [0.15, 0.2) is 17.4 Å². The molecule has 1 aromatic heterocycles. The van der Waals surface area contributed by atoms with Gasteiger partial charge in [-0.05, 0) is 0 Å². The molecule has 62 valence electrons. The van der Waals surface area contributed by atoms with Crippen molar-refractivity contribution in [2.75, 3.05) is 0 Å². The first kappa shape index (κ1) is 12.9. The Morgan fingerprint density at radius 3 is 2.17 bits per heavy atom. The summed E-state index contributed by atoms with van der Waals surface area (Å²) in [4.78, 5) is 6.73.